The number of pyridine rings is 1. The molecule has 2 aromatic carbocycles. The van der Waals surface area contributed by atoms with Crippen LogP contribution in [0.15, 0.2) is 66.9 Å². The van der Waals surface area contributed by atoms with E-state index in [1.165, 1.54) is 12.3 Å². The first-order chi connectivity index (χ1) is 12.6. The summed E-state index contributed by atoms with van der Waals surface area (Å²) in [6.45, 7) is 0.568. The smallest absolute Gasteiger partial charge is 0.252 e. The molecule has 132 valence electrons. The Bertz CT molecular complexity index is 877. The van der Waals surface area contributed by atoms with Crippen LogP contribution in [0.3, 0.4) is 0 Å². The van der Waals surface area contributed by atoms with Crippen molar-refractivity contribution in [1.82, 2.24) is 10.3 Å². The Hall–Kier alpha value is -3.21. The third kappa shape index (κ3) is 4.45. The van der Waals surface area contributed by atoms with Crippen LogP contribution >= 0.6 is 0 Å². The van der Waals surface area contributed by atoms with E-state index in [1.54, 1.807) is 24.3 Å². The summed E-state index contributed by atoms with van der Waals surface area (Å²) in [5.74, 6) is 0.00732. The van der Waals surface area contributed by atoms with E-state index in [0.717, 1.165) is 24.0 Å². The molecule has 0 bridgehead atoms. The molecule has 1 heterocycles. The quantitative estimate of drug-likeness (QED) is 0.665. The van der Waals surface area contributed by atoms with Gasteiger partial charge in [-0.2, -0.15) is 0 Å². The number of anilines is 1. The largest absolute Gasteiger partial charge is 0.384 e. The Morgan fingerprint density at radius 3 is 2.50 bits per heavy atom. The molecule has 0 unspecified atom stereocenters. The average Bonchev–Trinajstić information content (AvgIpc) is 2.67. The van der Waals surface area contributed by atoms with E-state index >= 15 is 0 Å². The van der Waals surface area contributed by atoms with Gasteiger partial charge in [0.1, 0.15) is 11.6 Å². The van der Waals surface area contributed by atoms with E-state index in [4.69, 9.17) is 5.73 Å². The van der Waals surface area contributed by atoms with Crippen LogP contribution in [0.4, 0.5) is 10.2 Å². The van der Waals surface area contributed by atoms with E-state index < -0.39 is 0 Å². The fourth-order valence-electron chi connectivity index (χ4n) is 2.68. The van der Waals surface area contributed by atoms with Gasteiger partial charge in [-0.15, -0.1) is 0 Å². The van der Waals surface area contributed by atoms with Gasteiger partial charge in [0.05, 0.1) is 5.56 Å². The third-order valence-corrected chi connectivity index (χ3v) is 4.12. The highest BCUT2D eigenvalue weighted by Gasteiger charge is 2.06. The number of amides is 1. The minimum atomic E-state index is -0.222. The van der Waals surface area contributed by atoms with Crippen LogP contribution in [0.5, 0.6) is 0 Å². The molecule has 1 aromatic heterocycles. The monoisotopic (exact) mass is 349 g/mol. The average molecular weight is 349 g/mol. The van der Waals surface area contributed by atoms with Crippen LogP contribution in [0.2, 0.25) is 0 Å². The fraction of sp³-hybridized carbons (Fsp3) is 0.143. The first kappa shape index (κ1) is 17.6. The number of aromatic nitrogens is 1. The van der Waals surface area contributed by atoms with Crippen LogP contribution < -0.4 is 11.1 Å². The zero-order valence-electron chi connectivity index (χ0n) is 14.3. The summed E-state index contributed by atoms with van der Waals surface area (Å²) in [6, 6.07) is 17.8. The number of halogens is 1. The summed E-state index contributed by atoms with van der Waals surface area (Å²) >= 11 is 0. The molecule has 0 atom stereocenters. The lowest BCUT2D eigenvalue weighted by Gasteiger charge is -2.07. The molecular weight excluding hydrogens is 329 g/mol. The van der Waals surface area contributed by atoms with Gasteiger partial charge in [0.25, 0.3) is 5.91 Å². The maximum Gasteiger partial charge on any atom is 0.252 e. The van der Waals surface area contributed by atoms with Crippen molar-refractivity contribution in [3.63, 3.8) is 0 Å². The van der Waals surface area contributed by atoms with Crippen molar-refractivity contribution in [1.29, 1.82) is 0 Å². The van der Waals surface area contributed by atoms with Crippen LogP contribution in [0.1, 0.15) is 22.3 Å². The van der Waals surface area contributed by atoms with Gasteiger partial charge in [-0.25, -0.2) is 9.37 Å². The van der Waals surface area contributed by atoms with Gasteiger partial charge in [0.15, 0.2) is 0 Å². The Kier molecular flexibility index (Phi) is 5.59. The van der Waals surface area contributed by atoms with E-state index in [-0.39, 0.29) is 11.7 Å². The molecule has 5 heteroatoms. The maximum atomic E-state index is 13.8. The minimum absolute atomic E-state index is 0.160. The van der Waals surface area contributed by atoms with Crippen molar-refractivity contribution in [2.24, 2.45) is 0 Å². The van der Waals surface area contributed by atoms with Crippen molar-refractivity contribution in [2.75, 3.05) is 12.3 Å². The zero-order chi connectivity index (χ0) is 18.4. The van der Waals surface area contributed by atoms with Crippen molar-refractivity contribution in [3.8, 4) is 11.1 Å². The lowest BCUT2D eigenvalue weighted by atomic mass is 10.0. The number of hydrogen-bond donors (Lipinski definition) is 2. The zero-order valence-corrected chi connectivity index (χ0v) is 14.3. The molecular formula is C21H20FN3O. The molecule has 3 rings (SSSR count). The first-order valence-electron chi connectivity index (χ1n) is 8.47. The second-order valence-electron chi connectivity index (χ2n) is 6.01. The molecule has 0 saturated heterocycles. The lowest BCUT2D eigenvalue weighted by Crippen LogP contribution is -2.24. The minimum Gasteiger partial charge on any atom is -0.384 e. The molecule has 1 amide bonds. The molecule has 26 heavy (non-hydrogen) atoms. The lowest BCUT2D eigenvalue weighted by molar-refractivity contribution is 0.0953. The normalized spacial score (nSPS) is 10.5. The standard InChI is InChI=1S/C21H20FN3O/c22-19-6-2-1-5-18(19)16-9-7-15(8-10-16)4-3-13-24-21(26)17-11-12-20(23)25-14-17/h1-2,5-12,14H,3-4,13H2,(H2,23,25)(H,24,26). The van der Waals surface area contributed by atoms with Crippen LogP contribution in [-0.2, 0) is 6.42 Å². The summed E-state index contributed by atoms with van der Waals surface area (Å²) in [4.78, 5) is 15.9. The SMILES string of the molecule is Nc1ccc(C(=O)NCCCc2ccc(-c3ccccc3F)cc2)cn1. The predicted octanol–water partition coefficient (Wildman–Crippen LogP) is 3.83. The highest BCUT2D eigenvalue weighted by atomic mass is 19.1. The van der Waals surface area contributed by atoms with E-state index in [0.29, 0.717) is 23.5 Å². The number of nitrogens with one attached hydrogen (secondary N) is 1. The highest BCUT2D eigenvalue weighted by Crippen LogP contribution is 2.23. The molecule has 3 aromatic rings. The van der Waals surface area contributed by atoms with Gasteiger partial charge >= 0.3 is 0 Å². The number of nitrogen functional groups attached to an aromatic ring is 1. The summed E-state index contributed by atoms with van der Waals surface area (Å²) in [5.41, 5.74) is 8.60. The van der Waals surface area contributed by atoms with Crippen LogP contribution in [0.25, 0.3) is 11.1 Å². The number of carbonyl (C=O) groups excluding carboxylic acids is 1. The van der Waals surface area contributed by atoms with E-state index in [1.807, 2.05) is 30.3 Å². The Labute approximate surface area is 151 Å². The molecule has 0 radical (unpaired) electrons. The van der Waals surface area contributed by atoms with Crippen LogP contribution in [-0.4, -0.2) is 17.4 Å². The third-order valence-electron chi connectivity index (χ3n) is 4.12. The number of nitrogens with two attached hydrogens (primary N) is 1. The second-order valence-corrected chi connectivity index (χ2v) is 6.01. The van der Waals surface area contributed by atoms with Gasteiger partial charge in [-0.05, 0) is 42.2 Å². The molecule has 0 aliphatic heterocycles. The van der Waals surface area contributed by atoms with Crippen molar-refractivity contribution < 1.29 is 9.18 Å². The molecule has 0 spiro atoms. The molecule has 0 fully saturated rings. The second kappa shape index (κ2) is 8.25. The number of rotatable bonds is 6. The van der Waals surface area contributed by atoms with Crippen molar-refractivity contribution in [2.45, 2.75) is 12.8 Å². The van der Waals surface area contributed by atoms with Gasteiger partial charge in [-0.1, -0.05) is 42.5 Å². The highest BCUT2D eigenvalue weighted by molar-refractivity contribution is 5.93. The van der Waals surface area contributed by atoms with E-state index in [2.05, 4.69) is 10.3 Å². The fourth-order valence-corrected chi connectivity index (χ4v) is 2.68. The Balaban J connectivity index is 1.49. The number of aryl methyl sites for hydroxylation is 1. The van der Waals surface area contributed by atoms with Crippen LogP contribution in [0, 0.1) is 5.82 Å². The van der Waals surface area contributed by atoms with Crippen molar-refractivity contribution >= 4 is 11.7 Å². The summed E-state index contributed by atoms with van der Waals surface area (Å²) in [6.07, 6.45) is 3.11. The molecule has 0 aliphatic rings. The Morgan fingerprint density at radius 2 is 1.81 bits per heavy atom. The summed E-state index contributed by atoms with van der Waals surface area (Å²) in [5, 5.41) is 2.86. The molecule has 0 aliphatic carbocycles. The van der Waals surface area contributed by atoms with Gasteiger partial charge in [0, 0.05) is 18.3 Å². The number of nitrogens with zero attached hydrogens (tertiary/aromatic N) is 1. The number of hydrogen-bond acceptors (Lipinski definition) is 3. The summed E-state index contributed by atoms with van der Waals surface area (Å²) < 4.78 is 13.8. The van der Waals surface area contributed by atoms with Crippen molar-refractivity contribution in [3.05, 3.63) is 83.8 Å². The topological polar surface area (TPSA) is 68.0 Å². The molecule has 3 N–H and O–H groups in total. The van der Waals surface area contributed by atoms with Gasteiger partial charge in [0.2, 0.25) is 0 Å². The predicted molar refractivity (Wildman–Crippen MR) is 101 cm³/mol. The van der Waals surface area contributed by atoms with Gasteiger partial charge in [-0.3, -0.25) is 4.79 Å². The van der Waals surface area contributed by atoms with Gasteiger partial charge < -0.3 is 11.1 Å². The number of carbonyl (C=O) groups is 1. The number of benzene rings is 2. The molecule has 4 nitrogen and oxygen atoms in total. The maximum absolute atomic E-state index is 13.8. The summed E-state index contributed by atoms with van der Waals surface area (Å²) in [7, 11) is 0. The Morgan fingerprint density at radius 1 is 1.04 bits per heavy atom. The molecule has 0 saturated carbocycles. The van der Waals surface area contributed by atoms with E-state index in [9.17, 15) is 9.18 Å². The first-order valence-corrected chi connectivity index (χ1v) is 8.47.